The number of thioether (sulfide) groups is 1. The summed E-state index contributed by atoms with van der Waals surface area (Å²) in [7, 11) is 0. The molecule has 0 unspecified atom stereocenters. The molecular weight excluding hydrogens is 381 g/mol. The van der Waals surface area contributed by atoms with Gasteiger partial charge in [0, 0.05) is 18.1 Å². The van der Waals surface area contributed by atoms with Crippen molar-refractivity contribution in [3.63, 3.8) is 0 Å². The fourth-order valence-corrected chi connectivity index (χ4v) is 3.46. The standard InChI is InChI=1S/C18H17Cl2NO3S/c19-13-6-5-12(9-14(13)20)11-25-8-7-21-18(22)17-10-23-15-3-1-2-4-16(15)24-17/h1-6,9,17H,7-8,10-11H2,(H,21,22)/t17-/m0/s1. The number of ether oxygens (including phenoxy) is 2. The second kappa shape index (κ2) is 8.70. The van der Waals surface area contributed by atoms with E-state index in [0.29, 0.717) is 28.1 Å². The summed E-state index contributed by atoms with van der Waals surface area (Å²) in [6, 6.07) is 12.9. The van der Waals surface area contributed by atoms with E-state index in [-0.39, 0.29) is 12.5 Å². The Labute approximate surface area is 160 Å². The van der Waals surface area contributed by atoms with E-state index in [0.717, 1.165) is 17.1 Å². The van der Waals surface area contributed by atoms with Gasteiger partial charge in [0.05, 0.1) is 10.0 Å². The average molecular weight is 398 g/mol. The van der Waals surface area contributed by atoms with E-state index in [4.69, 9.17) is 32.7 Å². The zero-order chi connectivity index (χ0) is 17.6. The maximum atomic E-state index is 12.2. The molecule has 1 amide bonds. The van der Waals surface area contributed by atoms with Gasteiger partial charge in [-0.15, -0.1) is 0 Å². The van der Waals surface area contributed by atoms with E-state index in [9.17, 15) is 4.79 Å². The molecule has 0 saturated heterocycles. The Kier molecular flexibility index (Phi) is 6.34. The SMILES string of the molecule is O=C(NCCSCc1ccc(Cl)c(Cl)c1)[C@@H]1COc2ccccc2O1. The zero-order valence-electron chi connectivity index (χ0n) is 13.3. The van der Waals surface area contributed by atoms with Crippen molar-refractivity contribution in [3.8, 4) is 11.5 Å². The van der Waals surface area contributed by atoms with Crippen LogP contribution >= 0.6 is 35.0 Å². The number of amides is 1. The highest BCUT2D eigenvalue weighted by molar-refractivity contribution is 7.98. The number of hydrogen-bond donors (Lipinski definition) is 1. The van der Waals surface area contributed by atoms with Crippen LogP contribution in [0.2, 0.25) is 10.0 Å². The highest BCUT2D eigenvalue weighted by Crippen LogP contribution is 2.30. The number of fused-ring (bicyclic) bond motifs is 1. The van der Waals surface area contributed by atoms with E-state index in [1.54, 1.807) is 23.9 Å². The first-order valence-corrected chi connectivity index (χ1v) is 9.72. The van der Waals surface area contributed by atoms with Gasteiger partial charge in [-0.25, -0.2) is 0 Å². The van der Waals surface area contributed by atoms with Gasteiger partial charge in [-0.2, -0.15) is 11.8 Å². The fraction of sp³-hybridized carbons (Fsp3) is 0.278. The number of hydrogen-bond acceptors (Lipinski definition) is 4. The largest absolute Gasteiger partial charge is 0.485 e. The topological polar surface area (TPSA) is 47.6 Å². The Balaban J connectivity index is 1.38. The minimum Gasteiger partial charge on any atom is -0.485 e. The summed E-state index contributed by atoms with van der Waals surface area (Å²) in [5.41, 5.74) is 1.10. The molecule has 3 rings (SSSR count). The van der Waals surface area contributed by atoms with Crippen LogP contribution in [0.3, 0.4) is 0 Å². The number of carbonyl (C=O) groups excluding carboxylic acids is 1. The molecule has 0 radical (unpaired) electrons. The lowest BCUT2D eigenvalue weighted by Gasteiger charge is -2.25. The van der Waals surface area contributed by atoms with Crippen LogP contribution in [-0.4, -0.2) is 30.9 Å². The molecule has 2 aromatic carbocycles. The molecule has 0 bridgehead atoms. The summed E-state index contributed by atoms with van der Waals surface area (Å²) in [6.45, 7) is 0.783. The maximum Gasteiger partial charge on any atom is 0.264 e. The lowest BCUT2D eigenvalue weighted by Crippen LogP contribution is -2.44. The molecule has 1 N–H and O–H groups in total. The highest BCUT2D eigenvalue weighted by Gasteiger charge is 2.26. The summed E-state index contributed by atoms with van der Waals surface area (Å²) in [6.07, 6.45) is -0.616. The lowest BCUT2D eigenvalue weighted by atomic mass is 10.2. The molecule has 1 aliphatic heterocycles. The number of benzene rings is 2. The van der Waals surface area contributed by atoms with Crippen molar-refractivity contribution in [3.05, 3.63) is 58.1 Å². The minimum absolute atomic E-state index is 0.162. The summed E-state index contributed by atoms with van der Waals surface area (Å²) in [4.78, 5) is 12.2. The molecule has 0 spiro atoms. The van der Waals surface area contributed by atoms with Gasteiger partial charge in [-0.3, -0.25) is 4.79 Å². The Bertz CT molecular complexity index is 757. The first-order chi connectivity index (χ1) is 12.1. The van der Waals surface area contributed by atoms with Crippen molar-refractivity contribution < 1.29 is 14.3 Å². The van der Waals surface area contributed by atoms with Gasteiger partial charge in [0.2, 0.25) is 6.10 Å². The molecule has 7 heteroatoms. The van der Waals surface area contributed by atoms with E-state index >= 15 is 0 Å². The summed E-state index contributed by atoms with van der Waals surface area (Å²) >= 11 is 13.6. The monoisotopic (exact) mass is 397 g/mol. The van der Waals surface area contributed by atoms with Gasteiger partial charge in [0.1, 0.15) is 6.61 Å². The Morgan fingerprint density at radius 2 is 1.96 bits per heavy atom. The summed E-state index contributed by atoms with van der Waals surface area (Å²) < 4.78 is 11.2. The quantitative estimate of drug-likeness (QED) is 0.742. The van der Waals surface area contributed by atoms with Crippen molar-refractivity contribution in [2.45, 2.75) is 11.9 Å². The predicted octanol–water partition coefficient (Wildman–Crippen LogP) is 4.18. The second-order valence-electron chi connectivity index (χ2n) is 5.46. The van der Waals surface area contributed by atoms with Gasteiger partial charge in [-0.1, -0.05) is 41.4 Å². The number of nitrogens with one attached hydrogen (secondary N) is 1. The molecule has 1 aliphatic rings. The second-order valence-corrected chi connectivity index (χ2v) is 7.38. The summed E-state index contributed by atoms with van der Waals surface area (Å²) in [5, 5.41) is 3.99. The van der Waals surface area contributed by atoms with Crippen LogP contribution in [0.25, 0.3) is 0 Å². The van der Waals surface area contributed by atoms with Crippen LogP contribution in [0, 0.1) is 0 Å². The maximum absolute atomic E-state index is 12.2. The highest BCUT2D eigenvalue weighted by atomic mass is 35.5. The van der Waals surface area contributed by atoms with Crippen molar-refractivity contribution in [1.82, 2.24) is 5.32 Å². The molecule has 0 fully saturated rings. The van der Waals surface area contributed by atoms with Crippen LogP contribution in [0.4, 0.5) is 0 Å². The minimum atomic E-state index is -0.616. The Hall–Kier alpha value is -1.56. The van der Waals surface area contributed by atoms with E-state index < -0.39 is 6.10 Å². The molecule has 25 heavy (non-hydrogen) atoms. The van der Waals surface area contributed by atoms with E-state index in [1.807, 2.05) is 30.3 Å². The Morgan fingerprint density at radius 1 is 1.16 bits per heavy atom. The lowest BCUT2D eigenvalue weighted by molar-refractivity contribution is -0.130. The van der Waals surface area contributed by atoms with Crippen molar-refractivity contribution in [1.29, 1.82) is 0 Å². The fourth-order valence-electron chi connectivity index (χ4n) is 2.33. The van der Waals surface area contributed by atoms with Gasteiger partial charge in [0.15, 0.2) is 11.5 Å². The molecule has 1 heterocycles. The van der Waals surface area contributed by atoms with E-state index in [2.05, 4.69) is 5.32 Å². The molecule has 0 aliphatic carbocycles. The number of halogens is 2. The van der Waals surface area contributed by atoms with Crippen molar-refractivity contribution in [2.24, 2.45) is 0 Å². The van der Waals surface area contributed by atoms with Crippen LogP contribution in [0.5, 0.6) is 11.5 Å². The number of para-hydroxylation sites is 2. The van der Waals surface area contributed by atoms with Crippen LogP contribution in [0.1, 0.15) is 5.56 Å². The van der Waals surface area contributed by atoms with Crippen LogP contribution in [-0.2, 0) is 10.5 Å². The third-order valence-corrected chi connectivity index (χ3v) is 5.37. The normalized spacial score (nSPS) is 15.7. The summed E-state index contributed by atoms with van der Waals surface area (Å²) in [5.74, 6) is 2.70. The molecule has 4 nitrogen and oxygen atoms in total. The van der Waals surface area contributed by atoms with Crippen molar-refractivity contribution in [2.75, 3.05) is 18.9 Å². The first-order valence-electron chi connectivity index (χ1n) is 7.81. The zero-order valence-corrected chi connectivity index (χ0v) is 15.7. The third kappa shape index (κ3) is 4.97. The van der Waals surface area contributed by atoms with E-state index in [1.165, 1.54) is 0 Å². The van der Waals surface area contributed by atoms with Gasteiger partial charge in [-0.05, 0) is 29.8 Å². The number of carbonyl (C=O) groups is 1. The predicted molar refractivity (Wildman–Crippen MR) is 102 cm³/mol. The first kappa shape index (κ1) is 18.2. The van der Waals surface area contributed by atoms with Gasteiger partial charge >= 0.3 is 0 Å². The van der Waals surface area contributed by atoms with Crippen LogP contribution < -0.4 is 14.8 Å². The molecular formula is C18H17Cl2NO3S. The van der Waals surface area contributed by atoms with Gasteiger partial charge in [0.25, 0.3) is 5.91 Å². The molecule has 2 aromatic rings. The Morgan fingerprint density at radius 3 is 2.76 bits per heavy atom. The molecule has 132 valence electrons. The van der Waals surface area contributed by atoms with Crippen molar-refractivity contribution >= 4 is 40.9 Å². The van der Waals surface area contributed by atoms with Gasteiger partial charge < -0.3 is 14.8 Å². The molecule has 0 aromatic heterocycles. The smallest absolute Gasteiger partial charge is 0.264 e. The van der Waals surface area contributed by atoms with Crippen LogP contribution in [0.15, 0.2) is 42.5 Å². The molecule has 0 saturated carbocycles. The number of rotatable bonds is 6. The molecule has 1 atom stereocenters. The third-order valence-electron chi connectivity index (χ3n) is 3.60. The average Bonchev–Trinajstić information content (AvgIpc) is 2.63.